The summed E-state index contributed by atoms with van der Waals surface area (Å²) in [5, 5.41) is 7.97. The standard InChI is InChI=1S/C62H59NO3S2/c1-59(2,3)36-61(7,8)38-24-28-40(29-25-38)63(41-30-26-39(27-31-41)62(9,10)37-60(4,5)6)49-33-32-46-52-44(49)22-17-23-45(52)54-50(67-42-18-13-11-14-19-42)34-47-53-48(58(65)66-57(47)64)35-51(55(46)56(53)54)68-43-20-15-12-16-21-43/h11-35H,36-37H2,1-10H3. The van der Waals surface area contributed by atoms with Crippen molar-refractivity contribution in [3.8, 4) is 0 Å². The van der Waals surface area contributed by atoms with Crippen LogP contribution < -0.4 is 4.90 Å². The summed E-state index contributed by atoms with van der Waals surface area (Å²) in [6.45, 7) is 23.4. The van der Waals surface area contributed by atoms with Gasteiger partial charge in [0.25, 0.3) is 0 Å². The Kier molecular flexibility index (Phi) is 11.3. The fourth-order valence-corrected chi connectivity index (χ4v) is 13.5. The van der Waals surface area contributed by atoms with E-state index in [-0.39, 0.29) is 21.7 Å². The number of fused-ring (bicyclic) bond motifs is 2. The molecule has 1 heterocycles. The van der Waals surface area contributed by atoms with E-state index in [0.717, 1.165) is 87.2 Å². The Hall–Kier alpha value is -6.08. The van der Waals surface area contributed by atoms with Crippen LogP contribution in [0.2, 0.25) is 0 Å². The Morgan fingerprint density at radius 2 is 0.853 bits per heavy atom. The molecule has 0 atom stereocenters. The number of rotatable bonds is 11. The van der Waals surface area contributed by atoms with Crippen LogP contribution in [0.1, 0.15) is 114 Å². The molecule has 0 N–H and O–H groups in total. The van der Waals surface area contributed by atoms with E-state index in [1.54, 1.807) is 23.5 Å². The van der Waals surface area contributed by atoms with E-state index < -0.39 is 11.9 Å². The van der Waals surface area contributed by atoms with Gasteiger partial charge in [0.1, 0.15) is 0 Å². The molecule has 1 aliphatic rings. The lowest BCUT2D eigenvalue weighted by Gasteiger charge is -2.34. The van der Waals surface area contributed by atoms with Crippen LogP contribution in [-0.2, 0) is 15.6 Å². The van der Waals surface area contributed by atoms with Gasteiger partial charge in [-0.1, -0.05) is 178 Å². The van der Waals surface area contributed by atoms with Gasteiger partial charge in [0.2, 0.25) is 0 Å². The summed E-state index contributed by atoms with van der Waals surface area (Å²) in [4.78, 5) is 34.0. The van der Waals surface area contributed by atoms with Crippen LogP contribution >= 0.6 is 23.5 Å². The zero-order valence-corrected chi connectivity index (χ0v) is 42.5. The Labute approximate surface area is 409 Å². The second-order valence-electron chi connectivity index (χ2n) is 22.4. The molecule has 0 saturated heterocycles. The zero-order valence-electron chi connectivity index (χ0n) is 40.8. The van der Waals surface area contributed by atoms with Crippen LogP contribution in [0.5, 0.6) is 0 Å². The van der Waals surface area contributed by atoms with Crippen LogP contribution in [-0.4, -0.2) is 11.9 Å². The van der Waals surface area contributed by atoms with Gasteiger partial charge in [0, 0.05) is 57.9 Å². The smallest absolute Gasteiger partial charge is 0.346 e. The van der Waals surface area contributed by atoms with Gasteiger partial charge in [-0.05, 0) is 129 Å². The summed E-state index contributed by atoms with van der Waals surface area (Å²) in [5.41, 5.74) is 7.03. The average Bonchev–Trinajstić information content (AvgIpc) is 3.28. The van der Waals surface area contributed by atoms with Crippen molar-refractivity contribution >= 4 is 95.6 Å². The van der Waals surface area contributed by atoms with Crippen molar-refractivity contribution in [2.45, 2.75) is 112 Å². The van der Waals surface area contributed by atoms with Crippen molar-refractivity contribution in [3.05, 3.63) is 174 Å². The van der Waals surface area contributed by atoms with Crippen molar-refractivity contribution < 1.29 is 14.3 Å². The second-order valence-corrected chi connectivity index (χ2v) is 24.6. The highest BCUT2D eigenvalue weighted by atomic mass is 32.2. The van der Waals surface area contributed by atoms with Crippen LogP contribution in [0.3, 0.4) is 0 Å². The summed E-state index contributed by atoms with van der Waals surface area (Å²) >= 11 is 3.27. The van der Waals surface area contributed by atoms with Gasteiger partial charge in [0.15, 0.2) is 0 Å². The average molecular weight is 930 g/mol. The SMILES string of the molecule is CC(C)(C)CC(C)(C)c1ccc(N(c2ccc(C(C)(C)CC(C)(C)C)cc2)c2ccc3c4c(Sc5ccccc5)cc5c6c(cc(Sc7ccccc7)c(c7cccc2c73)c64)C(=O)OC5=O)cc1. The number of ether oxygens (including phenoxy) is 1. The molecule has 1 aliphatic heterocycles. The van der Waals surface area contributed by atoms with Gasteiger partial charge in [-0.25, -0.2) is 9.59 Å². The van der Waals surface area contributed by atoms with E-state index in [0.29, 0.717) is 16.5 Å². The third kappa shape index (κ3) is 8.45. The fraction of sp³-hybridized carbons (Fsp3) is 0.258. The summed E-state index contributed by atoms with van der Waals surface area (Å²) < 4.78 is 5.49. The maximum Gasteiger partial charge on any atom is 0.346 e. The second kappa shape index (κ2) is 16.9. The van der Waals surface area contributed by atoms with Crippen molar-refractivity contribution in [1.82, 2.24) is 0 Å². The van der Waals surface area contributed by atoms with E-state index in [4.69, 9.17) is 4.74 Å². The molecule has 0 bridgehead atoms. The quantitative estimate of drug-likeness (QED) is 0.0557. The van der Waals surface area contributed by atoms with Gasteiger partial charge in [-0.15, -0.1) is 0 Å². The number of hydrogen-bond acceptors (Lipinski definition) is 6. The molecule has 4 nitrogen and oxygen atoms in total. The molecular weight excluding hydrogens is 871 g/mol. The molecule has 0 aromatic heterocycles. The molecular formula is C62H59NO3S2. The minimum Gasteiger partial charge on any atom is -0.386 e. The van der Waals surface area contributed by atoms with E-state index in [1.807, 2.05) is 48.5 Å². The maximum atomic E-state index is 13.8. The first kappa shape index (κ1) is 45.7. The highest BCUT2D eigenvalue weighted by Gasteiger charge is 2.34. The number of hydrogen-bond donors (Lipinski definition) is 0. The van der Waals surface area contributed by atoms with Crippen LogP contribution in [0, 0.1) is 10.8 Å². The molecule has 0 radical (unpaired) electrons. The molecule has 10 rings (SSSR count). The summed E-state index contributed by atoms with van der Waals surface area (Å²) in [6.07, 6.45) is 2.12. The molecule has 6 heteroatoms. The molecule has 0 saturated carbocycles. The van der Waals surface area contributed by atoms with Gasteiger partial charge in [-0.3, -0.25) is 0 Å². The zero-order chi connectivity index (χ0) is 47.9. The summed E-state index contributed by atoms with van der Waals surface area (Å²) in [5.74, 6) is -1.23. The Bertz CT molecular complexity index is 3210. The molecule has 9 aromatic carbocycles. The van der Waals surface area contributed by atoms with E-state index in [9.17, 15) is 9.59 Å². The molecule has 0 unspecified atom stereocenters. The van der Waals surface area contributed by atoms with Gasteiger partial charge >= 0.3 is 11.9 Å². The van der Waals surface area contributed by atoms with E-state index in [1.165, 1.54) is 11.1 Å². The van der Waals surface area contributed by atoms with Crippen molar-refractivity contribution in [1.29, 1.82) is 0 Å². The van der Waals surface area contributed by atoms with Crippen molar-refractivity contribution in [3.63, 3.8) is 0 Å². The number of anilines is 3. The minimum atomic E-state index is -0.617. The van der Waals surface area contributed by atoms with E-state index >= 15 is 0 Å². The maximum absolute atomic E-state index is 13.8. The summed E-state index contributed by atoms with van der Waals surface area (Å²) in [6, 6.07) is 54.1. The van der Waals surface area contributed by atoms with E-state index in [2.05, 4.69) is 177 Å². The number of nitrogens with zero attached hydrogens (tertiary/aromatic N) is 1. The molecule has 68 heavy (non-hydrogen) atoms. The molecule has 0 fully saturated rings. The third-order valence-corrected chi connectivity index (χ3v) is 15.6. The Balaban J connectivity index is 1.27. The molecule has 0 amide bonds. The molecule has 9 aromatic rings. The topological polar surface area (TPSA) is 46.6 Å². The van der Waals surface area contributed by atoms with Crippen LogP contribution in [0.15, 0.2) is 171 Å². The molecule has 0 aliphatic carbocycles. The summed E-state index contributed by atoms with van der Waals surface area (Å²) in [7, 11) is 0. The number of benzene rings is 9. The van der Waals surface area contributed by atoms with Crippen LogP contribution in [0.25, 0.3) is 43.1 Å². The monoisotopic (exact) mass is 929 g/mol. The van der Waals surface area contributed by atoms with Gasteiger partial charge in [0.05, 0.1) is 16.8 Å². The third-order valence-electron chi connectivity index (χ3n) is 13.5. The van der Waals surface area contributed by atoms with Gasteiger partial charge in [-0.2, -0.15) is 0 Å². The number of cyclic esters (lactones) is 2. The largest absolute Gasteiger partial charge is 0.386 e. The predicted octanol–water partition coefficient (Wildman–Crippen LogP) is 18.2. The lowest BCUT2D eigenvalue weighted by molar-refractivity contribution is 0.0390. The van der Waals surface area contributed by atoms with Gasteiger partial charge < -0.3 is 9.64 Å². The first-order valence-electron chi connectivity index (χ1n) is 23.7. The highest BCUT2D eigenvalue weighted by molar-refractivity contribution is 8.00. The molecule has 342 valence electrons. The Morgan fingerprint density at radius 3 is 1.29 bits per heavy atom. The van der Waals surface area contributed by atoms with Crippen LogP contribution in [0.4, 0.5) is 17.1 Å². The molecule has 0 spiro atoms. The normalized spacial score (nSPS) is 13.6. The van der Waals surface area contributed by atoms with Crippen molar-refractivity contribution in [2.24, 2.45) is 10.8 Å². The fourth-order valence-electron chi connectivity index (χ4n) is 11.4. The number of carbonyl (C=O) groups excluding carboxylic acids is 2. The minimum absolute atomic E-state index is 0.0109. The first-order valence-corrected chi connectivity index (χ1v) is 25.4. The lowest BCUT2D eigenvalue weighted by atomic mass is 9.72. The lowest BCUT2D eigenvalue weighted by Crippen LogP contribution is -2.25. The van der Waals surface area contributed by atoms with Crippen molar-refractivity contribution in [2.75, 3.05) is 4.90 Å². The number of esters is 2. The number of carbonyl (C=O) groups is 2. The Morgan fingerprint density at radius 1 is 0.426 bits per heavy atom. The predicted molar refractivity (Wildman–Crippen MR) is 287 cm³/mol. The highest BCUT2D eigenvalue weighted by Crippen LogP contribution is 2.54. The first-order chi connectivity index (χ1) is 32.3.